The molecule has 3 N–H and O–H groups in total. The van der Waals surface area contributed by atoms with Crippen molar-refractivity contribution in [3.63, 3.8) is 0 Å². The van der Waals surface area contributed by atoms with Gasteiger partial charge in [-0.1, -0.05) is 24.3 Å². The predicted molar refractivity (Wildman–Crippen MR) is 106 cm³/mol. The number of aromatic nitrogens is 3. The number of hydrogen-bond acceptors (Lipinski definition) is 4. The van der Waals surface area contributed by atoms with Crippen LogP contribution in [0, 0.1) is 0 Å². The van der Waals surface area contributed by atoms with Crippen LogP contribution in [0.4, 0.5) is 5.82 Å². The highest BCUT2D eigenvalue weighted by Gasteiger charge is 2.06. The fourth-order valence-electron chi connectivity index (χ4n) is 2.87. The number of anilines is 1. The molecule has 0 amide bonds. The number of nitrogens with one attached hydrogen (secondary N) is 1. The molecule has 0 unspecified atom stereocenters. The van der Waals surface area contributed by atoms with Crippen molar-refractivity contribution in [3.8, 4) is 16.9 Å². The number of nitrogen functional groups attached to an aromatic ring is 1. The average Bonchev–Trinajstić information content (AvgIpc) is 3.09. The van der Waals surface area contributed by atoms with Gasteiger partial charge >= 0.3 is 0 Å². The normalized spacial score (nSPS) is 11.3. The van der Waals surface area contributed by atoms with Crippen molar-refractivity contribution in [2.75, 3.05) is 12.8 Å². The van der Waals surface area contributed by atoms with Crippen LogP contribution in [0.2, 0.25) is 0 Å². The van der Waals surface area contributed by atoms with Crippen LogP contribution in [-0.2, 0) is 0 Å². The summed E-state index contributed by atoms with van der Waals surface area (Å²) < 4.78 is 5.18. The minimum atomic E-state index is 0.510. The Labute approximate surface area is 151 Å². The van der Waals surface area contributed by atoms with E-state index in [4.69, 9.17) is 10.5 Å². The van der Waals surface area contributed by atoms with Gasteiger partial charge in [-0.3, -0.25) is 5.10 Å². The molecule has 0 saturated carbocycles. The minimum absolute atomic E-state index is 0.510. The van der Waals surface area contributed by atoms with Gasteiger partial charge in [0, 0.05) is 11.6 Å². The molecule has 2 aromatic heterocycles. The number of pyridine rings is 1. The fraction of sp³-hybridized carbons (Fsp3) is 0.0476. The van der Waals surface area contributed by atoms with E-state index < -0.39 is 0 Å². The first-order chi connectivity index (χ1) is 12.7. The second kappa shape index (κ2) is 6.72. The maximum Gasteiger partial charge on any atom is 0.123 e. The lowest BCUT2D eigenvalue weighted by molar-refractivity contribution is 0.415. The Morgan fingerprint density at radius 3 is 2.54 bits per heavy atom. The van der Waals surface area contributed by atoms with Crippen molar-refractivity contribution in [2.45, 2.75) is 0 Å². The number of rotatable bonds is 4. The molecule has 0 saturated heterocycles. The Bertz CT molecular complexity index is 1080. The smallest absolute Gasteiger partial charge is 0.123 e. The lowest BCUT2D eigenvalue weighted by atomic mass is 10.0. The molecule has 0 aliphatic rings. The molecule has 5 heteroatoms. The summed E-state index contributed by atoms with van der Waals surface area (Å²) in [5, 5.41) is 8.59. The van der Waals surface area contributed by atoms with Gasteiger partial charge < -0.3 is 10.5 Å². The molecule has 0 bridgehead atoms. The van der Waals surface area contributed by atoms with Gasteiger partial charge in [-0.2, -0.15) is 5.10 Å². The van der Waals surface area contributed by atoms with Crippen molar-refractivity contribution >= 4 is 28.9 Å². The summed E-state index contributed by atoms with van der Waals surface area (Å²) in [7, 11) is 1.66. The molecule has 128 valence electrons. The first kappa shape index (κ1) is 15.9. The van der Waals surface area contributed by atoms with Gasteiger partial charge in [-0.05, 0) is 59.2 Å². The molecule has 0 radical (unpaired) electrons. The molecule has 26 heavy (non-hydrogen) atoms. The molecule has 2 aromatic carbocycles. The summed E-state index contributed by atoms with van der Waals surface area (Å²) >= 11 is 0. The van der Waals surface area contributed by atoms with Crippen molar-refractivity contribution in [2.24, 2.45) is 0 Å². The fourth-order valence-corrected chi connectivity index (χ4v) is 2.87. The summed E-state index contributed by atoms with van der Waals surface area (Å²) in [5.74, 6) is 1.35. The number of hydrogen-bond donors (Lipinski definition) is 2. The van der Waals surface area contributed by atoms with Crippen molar-refractivity contribution in [3.05, 3.63) is 72.1 Å². The standard InChI is InChI=1S/C21H18N4O/c1-26-17-6-2-14(3-7-17)4-9-19-18-8-5-15(12-20(18)25-24-19)16-10-11-23-21(22)13-16/h2-13H,1H3,(H2,22,23)(H,24,25)/b9-4+. The molecule has 0 aliphatic heterocycles. The van der Waals surface area contributed by atoms with Crippen LogP contribution < -0.4 is 10.5 Å². The Morgan fingerprint density at radius 1 is 0.962 bits per heavy atom. The second-order valence-electron chi connectivity index (χ2n) is 5.95. The van der Waals surface area contributed by atoms with Crippen molar-refractivity contribution < 1.29 is 4.74 Å². The Balaban J connectivity index is 1.63. The van der Waals surface area contributed by atoms with Gasteiger partial charge in [0.1, 0.15) is 11.6 Å². The largest absolute Gasteiger partial charge is 0.497 e. The maximum absolute atomic E-state index is 5.78. The maximum atomic E-state index is 5.78. The van der Waals surface area contributed by atoms with Gasteiger partial charge in [0.25, 0.3) is 0 Å². The summed E-state index contributed by atoms with van der Waals surface area (Å²) in [6.07, 6.45) is 5.75. The monoisotopic (exact) mass is 342 g/mol. The van der Waals surface area contributed by atoms with Gasteiger partial charge in [0.2, 0.25) is 0 Å². The third-order valence-electron chi connectivity index (χ3n) is 4.26. The third kappa shape index (κ3) is 3.15. The van der Waals surface area contributed by atoms with E-state index in [1.165, 1.54) is 0 Å². The quantitative estimate of drug-likeness (QED) is 0.577. The van der Waals surface area contributed by atoms with E-state index in [2.05, 4.69) is 33.4 Å². The number of methoxy groups -OCH3 is 1. The highest BCUT2D eigenvalue weighted by molar-refractivity contribution is 5.92. The number of H-pyrrole nitrogens is 1. The molecule has 4 rings (SSSR count). The lowest BCUT2D eigenvalue weighted by Crippen LogP contribution is -1.89. The zero-order valence-electron chi connectivity index (χ0n) is 14.3. The third-order valence-corrected chi connectivity index (χ3v) is 4.26. The van der Waals surface area contributed by atoms with E-state index in [-0.39, 0.29) is 0 Å². The first-order valence-electron chi connectivity index (χ1n) is 8.25. The van der Waals surface area contributed by atoms with E-state index in [0.717, 1.165) is 39.0 Å². The van der Waals surface area contributed by atoms with E-state index in [0.29, 0.717) is 5.82 Å². The topological polar surface area (TPSA) is 76.8 Å². The molecule has 0 fully saturated rings. The first-order valence-corrected chi connectivity index (χ1v) is 8.25. The number of fused-ring (bicyclic) bond motifs is 1. The van der Waals surface area contributed by atoms with E-state index >= 15 is 0 Å². The summed E-state index contributed by atoms with van der Waals surface area (Å²) in [5.41, 5.74) is 10.8. The molecular formula is C21H18N4O. The molecule has 0 spiro atoms. The Morgan fingerprint density at radius 2 is 1.77 bits per heavy atom. The molecular weight excluding hydrogens is 324 g/mol. The van der Waals surface area contributed by atoms with E-state index in [1.807, 2.05) is 48.6 Å². The molecule has 0 aliphatic carbocycles. The van der Waals surface area contributed by atoms with Crippen LogP contribution in [0.15, 0.2) is 60.8 Å². The van der Waals surface area contributed by atoms with Crippen LogP contribution in [0.1, 0.15) is 11.3 Å². The summed E-state index contributed by atoms with van der Waals surface area (Å²) in [6.45, 7) is 0. The zero-order valence-corrected chi connectivity index (χ0v) is 14.3. The van der Waals surface area contributed by atoms with Crippen molar-refractivity contribution in [1.29, 1.82) is 0 Å². The molecule has 0 atom stereocenters. The predicted octanol–water partition coefficient (Wildman–Crippen LogP) is 4.39. The van der Waals surface area contributed by atoms with Crippen LogP contribution in [0.5, 0.6) is 5.75 Å². The van der Waals surface area contributed by atoms with Crippen LogP contribution in [-0.4, -0.2) is 22.3 Å². The van der Waals surface area contributed by atoms with E-state index in [1.54, 1.807) is 13.3 Å². The molecule has 4 aromatic rings. The van der Waals surface area contributed by atoms with Crippen molar-refractivity contribution in [1.82, 2.24) is 15.2 Å². The second-order valence-corrected chi connectivity index (χ2v) is 5.95. The number of aromatic amines is 1. The Kier molecular flexibility index (Phi) is 4.11. The summed E-state index contributed by atoms with van der Waals surface area (Å²) in [6, 6.07) is 17.9. The van der Waals surface area contributed by atoms with Gasteiger partial charge in [-0.25, -0.2) is 4.98 Å². The average molecular weight is 342 g/mol. The number of ether oxygens (including phenoxy) is 1. The molecule has 5 nitrogen and oxygen atoms in total. The van der Waals surface area contributed by atoms with Gasteiger partial charge in [0.15, 0.2) is 0 Å². The van der Waals surface area contributed by atoms with Gasteiger partial charge in [-0.15, -0.1) is 0 Å². The lowest BCUT2D eigenvalue weighted by Gasteiger charge is -2.02. The SMILES string of the molecule is COc1ccc(/C=C/c2n[nH]c3cc(-c4ccnc(N)c4)ccc23)cc1. The minimum Gasteiger partial charge on any atom is -0.497 e. The Hall–Kier alpha value is -3.60. The van der Waals surface area contributed by atoms with Gasteiger partial charge in [0.05, 0.1) is 18.3 Å². The van der Waals surface area contributed by atoms with E-state index in [9.17, 15) is 0 Å². The zero-order chi connectivity index (χ0) is 17.9. The highest BCUT2D eigenvalue weighted by atomic mass is 16.5. The van der Waals surface area contributed by atoms with Crippen LogP contribution >= 0.6 is 0 Å². The number of benzene rings is 2. The number of nitrogens with zero attached hydrogens (tertiary/aromatic N) is 2. The molecule has 2 heterocycles. The summed E-state index contributed by atoms with van der Waals surface area (Å²) in [4.78, 5) is 4.04. The highest BCUT2D eigenvalue weighted by Crippen LogP contribution is 2.26. The van der Waals surface area contributed by atoms with Crippen LogP contribution in [0.3, 0.4) is 0 Å². The number of nitrogens with two attached hydrogens (primary N) is 1. The van der Waals surface area contributed by atoms with Crippen LogP contribution in [0.25, 0.3) is 34.2 Å².